The number of carbonyl (C=O) groups excluding carboxylic acids is 1. The minimum Gasteiger partial charge on any atom is -0.367 e. The van der Waals surface area contributed by atoms with Gasteiger partial charge in [0.1, 0.15) is 11.9 Å². The maximum absolute atomic E-state index is 12.6. The van der Waals surface area contributed by atoms with Gasteiger partial charge in [-0.25, -0.2) is 10.1 Å². The normalized spacial score (nSPS) is 18.4. The largest absolute Gasteiger partial charge is 0.367 e. The number of piperazine rings is 1. The molecule has 2 saturated heterocycles. The lowest BCUT2D eigenvalue weighted by Crippen LogP contribution is -2.51. The van der Waals surface area contributed by atoms with E-state index in [0.29, 0.717) is 36.8 Å². The molecule has 0 unspecified atom stereocenters. The SMILES string of the molecule is Cc1c(N2CCC[C@H]2CCNCC(=O)N2CCN(c3ccc(C#N)cn3)CC2)cn[nH]c1=O. The Balaban J connectivity index is 1.19. The van der Waals surface area contributed by atoms with E-state index < -0.39 is 0 Å². The fourth-order valence-corrected chi connectivity index (χ4v) is 4.59. The van der Waals surface area contributed by atoms with Crippen LogP contribution in [-0.2, 0) is 4.79 Å². The first-order valence-electron chi connectivity index (χ1n) is 11.5. The summed E-state index contributed by atoms with van der Waals surface area (Å²) in [6.07, 6.45) is 6.40. The smallest absolute Gasteiger partial charge is 0.269 e. The lowest BCUT2D eigenvalue weighted by atomic mass is 10.1. The molecular formula is C23H30N8O2. The zero-order valence-corrected chi connectivity index (χ0v) is 19.0. The molecule has 0 bridgehead atoms. The van der Waals surface area contributed by atoms with Gasteiger partial charge < -0.3 is 20.0 Å². The Labute approximate surface area is 193 Å². The average molecular weight is 451 g/mol. The number of amides is 1. The molecule has 2 aromatic rings. The number of H-pyrrole nitrogens is 1. The molecule has 0 aliphatic carbocycles. The second kappa shape index (κ2) is 10.4. The summed E-state index contributed by atoms with van der Waals surface area (Å²) in [4.78, 5) is 35.2. The summed E-state index contributed by atoms with van der Waals surface area (Å²) < 4.78 is 0. The maximum Gasteiger partial charge on any atom is 0.269 e. The number of anilines is 2. The van der Waals surface area contributed by atoms with Gasteiger partial charge in [0.2, 0.25) is 5.91 Å². The van der Waals surface area contributed by atoms with Crippen LogP contribution in [-0.4, -0.2) is 77.8 Å². The number of hydrogen-bond acceptors (Lipinski definition) is 8. The minimum absolute atomic E-state index is 0.111. The first-order chi connectivity index (χ1) is 16.1. The highest BCUT2D eigenvalue weighted by molar-refractivity contribution is 5.78. The highest BCUT2D eigenvalue weighted by atomic mass is 16.2. The van der Waals surface area contributed by atoms with Crippen molar-refractivity contribution >= 4 is 17.4 Å². The molecule has 2 aliphatic rings. The van der Waals surface area contributed by atoms with Crippen LogP contribution in [0.15, 0.2) is 29.3 Å². The number of nitriles is 1. The maximum atomic E-state index is 12.6. The topological polar surface area (TPSA) is 121 Å². The molecule has 10 nitrogen and oxygen atoms in total. The molecule has 0 spiro atoms. The average Bonchev–Trinajstić information content (AvgIpc) is 3.32. The molecule has 4 rings (SSSR count). The Morgan fingerprint density at radius 3 is 2.79 bits per heavy atom. The van der Waals surface area contributed by atoms with Crippen molar-refractivity contribution in [1.82, 2.24) is 25.4 Å². The molecule has 4 heterocycles. The Morgan fingerprint density at radius 1 is 1.24 bits per heavy atom. The Morgan fingerprint density at radius 2 is 2.06 bits per heavy atom. The van der Waals surface area contributed by atoms with E-state index in [1.165, 1.54) is 0 Å². The number of pyridine rings is 1. The lowest BCUT2D eigenvalue weighted by Gasteiger charge is -2.35. The third kappa shape index (κ3) is 5.31. The van der Waals surface area contributed by atoms with Crippen molar-refractivity contribution in [3.05, 3.63) is 46.0 Å². The van der Waals surface area contributed by atoms with Gasteiger partial charge in [-0.3, -0.25) is 9.59 Å². The standard InChI is InChI=1S/C23H30N8O2/c1-17-20(15-27-28-23(17)33)31-8-2-3-19(31)6-7-25-16-22(32)30-11-9-29(10-12-30)21-5-4-18(13-24)14-26-21/h4-5,14-15,19,25H,2-3,6-12,16H2,1H3,(H,28,33)/t19-/m0/s1. The Kier molecular flexibility index (Phi) is 7.19. The third-order valence-electron chi connectivity index (χ3n) is 6.53. The van der Waals surface area contributed by atoms with Crippen LogP contribution in [0.25, 0.3) is 0 Å². The predicted molar refractivity (Wildman–Crippen MR) is 125 cm³/mol. The van der Waals surface area contributed by atoms with Gasteiger partial charge in [-0.2, -0.15) is 10.4 Å². The van der Waals surface area contributed by atoms with Crippen molar-refractivity contribution in [1.29, 1.82) is 5.26 Å². The van der Waals surface area contributed by atoms with Crippen LogP contribution in [0.1, 0.15) is 30.4 Å². The number of aromatic amines is 1. The summed E-state index contributed by atoms with van der Waals surface area (Å²) >= 11 is 0. The van der Waals surface area contributed by atoms with Gasteiger partial charge in [0.15, 0.2) is 0 Å². The van der Waals surface area contributed by atoms with Crippen LogP contribution >= 0.6 is 0 Å². The van der Waals surface area contributed by atoms with Gasteiger partial charge in [-0.15, -0.1) is 0 Å². The minimum atomic E-state index is -0.142. The number of hydrogen-bond donors (Lipinski definition) is 2. The summed E-state index contributed by atoms with van der Waals surface area (Å²) in [6.45, 7) is 6.61. The van der Waals surface area contributed by atoms with E-state index in [4.69, 9.17) is 5.26 Å². The van der Waals surface area contributed by atoms with Crippen molar-refractivity contribution in [2.45, 2.75) is 32.2 Å². The van der Waals surface area contributed by atoms with E-state index in [1.807, 2.05) is 17.9 Å². The molecule has 2 fully saturated rings. The van der Waals surface area contributed by atoms with Crippen molar-refractivity contribution in [2.24, 2.45) is 0 Å². The summed E-state index contributed by atoms with van der Waals surface area (Å²) in [7, 11) is 0. The monoisotopic (exact) mass is 450 g/mol. The van der Waals surface area contributed by atoms with Crippen molar-refractivity contribution < 1.29 is 4.79 Å². The Hall–Kier alpha value is -3.45. The van der Waals surface area contributed by atoms with Crippen LogP contribution < -0.4 is 20.7 Å². The number of nitrogens with zero attached hydrogens (tertiary/aromatic N) is 6. The lowest BCUT2D eigenvalue weighted by molar-refractivity contribution is -0.130. The highest BCUT2D eigenvalue weighted by Crippen LogP contribution is 2.27. The molecule has 2 aliphatic heterocycles. The van der Waals surface area contributed by atoms with Crippen molar-refractivity contribution in [2.75, 3.05) is 55.6 Å². The van der Waals surface area contributed by atoms with Crippen LogP contribution in [0.5, 0.6) is 0 Å². The van der Waals surface area contributed by atoms with Crippen LogP contribution in [0, 0.1) is 18.3 Å². The van der Waals surface area contributed by atoms with Gasteiger partial charge >= 0.3 is 0 Å². The van der Waals surface area contributed by atoms with E-state index in [1.54, 1.807) is 18.5 Å². The van der Waals surface area contributed by atoms with Gasteiger partial charge in [0.05, 0.1) is 24.0 Å². The summed E-state index contributed by atoms with van der Waals surface area (Å²) in [5.74, 6) is 0.950. The summed E-state index contributed by atoms with van der Waals surface area (Å²) in [5.41, 5.74) is 2.02. The molecule has 0 aromatic carbocycles. The number of carbonyl (C=O) groups is 1. The Bertz CT molecular complexity index is 1050. The van der Waals surface area contributed by atoms with E-state index in [2.05, 4.69) is 36.4 Å². The first kappa shape index (κ1) is 22.7. The quantitative estimate of drug-likeness (QED) is 0.590. The molecule has 174 valence electrons. The second-order valence-corrected chi connectivity index (χ2v) is 8.55. The number of nitrogens with one attached hydrogen (secondary N) is 2. The predicted octanol–water partition coefficient (Wildman–Crippen LogP) is 0.642. The van der Waals surface area contributed by atoms with Crippen LogP contribution in [0.3, 0.4) is 0 Å². The number of aromatic nitrogens is 3. The zero-order chi connectivity index (χ0) is 23.2. The van der Waals surface area contributed by atoms with Crippen molar-refractivity contribution in [3.63, 3.8) is 0 Å². The third-order valence-corrected chi connectivity index (χ3v) is 6.53. The van der Waals surface area contributed by atoms with Gasteiger partial charge in [0.25, 0.3) is 5.56 Å². The molecule has 1 amide bonds. The molecule has 33 heavy (non-hydrogen) atoms. The highest BCUT2D eigenvalue weighted by Gasteiger charge is 2.27. The van der Waals surface area contributed by atoms with E-state index in [0.717, 1.165) is 56.9 Å². The van der Waals surface area contributed by atoms with E-state index in [-0.39, 0.29) is 11.5 Å². The fraction of sp³-hybridized carbons (Fsp3) is 0.522. The van der Waals surface area contributed by atoms with Gasteiger partial charge in [-0.1, -0.05) is 0 Å². The summed E-state index contributed by atoms with van der Waals surface area (Å²) in [6, 6.07) is 6.04. The van der Waals surface area contributed by atoms with Gasteiger partial charge in [-0.05, 0) is 44.9 Å². The first-order valence-corrected chi connectivity index (χ1v) is 11.5. The second-order valence-electron chi connectivity index (χ2n) is 8.55. The van der Waals surface area contributed by atoms with Crippen molar-refractivity contribution in [3.8, 4) is 6.07 Å². The molecule has 0 saturated carbocycles. The molecule has 0 radical (unpaired) electrons. The fourth-order valence-electron chi connectivity index (χ4n) is 4.59. The van der Waals surface area contributed by atoms with E-state index in [9.17, 15) is 9.59 Å². The van der Waals surface area contributed by atoms with E-state index >= 15 is 0 Å². The molecule has 2 aromatic heterocycles. The molecule has 2 N–H and O–H groups in total. The molecule has 10 heteroatoms. The van der Waals surface area contributed by atoms with Crippen LogP contribution in [0.4, 0.5) is 11.5 Å². The van der Waals surface area contributed by atoms with Crippen LogP contribution in [0.2, 0.25) is 0 Å². The summed E-state index contributed by atoms with van der Waals surface area (Å²) in [5, 5.41) is 18.7. The zero-order valence-electron chi connectivity index (χ0n) is 19.0. The number of rotatable bonds is 7. The molecule has 1 atom stereocenters. The van der Waals surface area contributed by atoms with Gasteiger partial charge in [0, 0.05) is 50.5 Å². The molecular weight excluding hydrogens is 420 g/mol.